The monoisotopic (exact) mass is 307 g/mol. The van der Waals surface area contributed by atoms with E-state index in [1.54, 1.807) is 12.3 Å². The number of hydrogen-bond donors (Lipinski definition) is 1. The Kier molecular flexibility index (Phi) is 2.83. The zero-order valence-corrected chi connectivity index (χ0v) is 11.9. The molecule has 2 aliphatic rings. The average Bonchev–Trinajstić information content (AvgIpc) is 3.10. The van der Waals surface area contributed by atoms with Crippen LogP contribution in [0.25, 0.3) is 5.52 Å². The highest BCUT2D eigenvalue weighted by Gasteiger charge is 2.48. The summed E-state index contributed by atoms with van der Waals surface area (Å²) in [6.45, 7) is 1.09. The van der Waals surface area contributed by atoms with E-state index in [4.69, 9.17) is 16.3 Å². The molecule has 0 unspecified atom stereocenters. The van der Waals surface area contributed by atoms with Gasteiger partial charge in [-0.3, -0.25) is 4.90 Å². The number of carboxylic acid groups (broad SMARTS) is 1. The lowest BCUT2D eigenvalue weighted by Crippen LogP contribution is -2.39. The Morgan fingerprint density at radius 3 is 3.14 bits per heavy atom. The summed E-state index contributed by atoms with van der Waals surface area (Å²) in [5.41, 5.74) is 0.799. The van der Waals surface area contributed by atoms with Crippen molar-refractivity contribution in [3.05, 3.63) is 35.4 Å². The third-order valence-electron chi connectivity index (χ3n) is 4.45. The van der Waals surface area contributed by atoms with Crippen LogP contribution in [0.1, 0.15) is 18.3 Å². The molecule has 2 saturated heterocycles. The Morgan fingerprint density at radius 1 is 1.48 bits per heavy atom. The smallest absolute Gasteiger partial charge is 0.408 e. The number of pyridine rings is 1. The van der Waals surface area contributed by atoms with E-state index in [0.717, 1.165) is 17.8 Å². The molecule has 110 valence electrons. The van der Waals surface area contributed by atoms with Gasteiger partial charge in [-0.05, 0) is 18.6 Å². The number of carbonyl (C=O) groups is 1. The van der Waals surface area contributed by atoms with Crippen LogP contribution in [-0.2, 0) is 4.74 Å². The fourth-order valence-corrected chi connectivity index (χ4v) is 3.72. The molecule has 21 heavy (non-hydrogen) atoms. The molecular weight excluding hydrogens is 294 g/mol. The Labute approximate surface area is 125 Å². The summed E-state index contributed by atoms with van der Waals surface area (Å²) in [4.78, 5) is 17.6. The van der Waals surface area contributed by atoms with Gasteiger partial charge in [-0.2, -0.15) is 0 Å². The minimum Gasteiger partial charge on any atom is -0.465 e. The number of likely N-dealkylation sites (tertiary alicyclic amines) is 1. The van der Waals surface area contributed by atoms with Gasteiger partial charge in [0.2, 0.25) is 0 Å². The molecule has 2 aromatic rings. The predicted molar refractivity (Wildman–Crippen MR) is 75.5 cm³/mol. The summed E-state index contributed by atoms with van der Waals surface area (Å²) >= 11 is 6.16. The first kappa shape index (κ1) is 12.9. The molecule has 2 aliphatic heterocycles. The maximum absolute atomic E-state index is 11.7. The van der Waals surface area contributed by atoms with E-state index in [-0.39, 0.29) is 18.0 Å². The summed E-state index contributed by atoms with van der Waals surface area (Å²) < 4.78 is 7.29. The van der Waals surface area contributed by atoms with Crippen molar-refractivity contribution in [3.63, 3.8) is 0 Å². The number of fused-ring (bicyclic) bond motifs is 2. The van der Waals surface area contributed by atoms with Gasteiger partial charge in [-0.25, -0.2) is 9.78 Å². The van der Waals surface area contributed by atoms with E-state index in [1.807, 2.05) is 16.7 Å². The van der Waals surface area contributed by atoms with Crippen LogP contribution in [0.15, 0.2) is 24.5 Å². The van der Waals surface area contributed by atoms with Gasteiger partial charge >= 0.3 is 6.09 Å². The second-order valence-electron chi connectivity index (χ2n) is 5.53. The van der Waals surface area contributed by atoms with E-state index in [9.17, 15) is 9.90 Å². The number of ether oxygens (including phenoxy) is 1. The maximum Gasteiger partial charge on any atom is 0.408 e. The van der Waals surface area contributed by atoms with E-state index < -0.39 is 6.09 Å². The summed E-state index contributed by atoms with van der Waals surface area (Å²) in [6, 6.07) is 3.32. The Bertz CT molecular complexity index is 717. The van der Waals surface area contributed by atoms with Gasteiger partial charge in [0.25, 0.3) is 0 Å². The van der Waals surface area contributed by atoms with Gasteiger partial charge in [0.1, 0.15) is 5.82 Å². The molecule has 7 heteroatoms. The first-order valence-electron chi connectivity index (χ1n) is 6.87. The zero-order chi connectivity index (χ0) is 14.6. The Hall–Kier alpha value is -1.79. The van der Waals surface area contributed by atoms with E-state index in [2.05, 4.69) is 4.98 Å². The van der Waals surface area contributed by atoms with Crippen molar-refractivity contribution in [2.75, 3.05) is 13.2 Å². The SMILES string of the molecule is O=C(O)N1[C@@H]2COC[C@H]2C[C@H]1c1ncc2c(Cl)cccn12. The molecule has 0 aromatic carbocycles. The number of aromatic nitrogens is 2. The van der Waals surface area contributed by atoms with Crippen molar-refractivity contribution in [1.82, 2.24) is 14.3 Å². The zero-order valence-electron chi connectivity index (χ0n) is 11.1. The quantitative estimate of drug-likeness (QED) is 0.878. The summed E-state index contributed by atoms with van der Waals surface area (Å²) in [6.07, 6.45) is 3.38. The van der Waals surface area contributed by atoms with Gasteiger partial charge in [-0.15, -0.1) is 0 Å². The standard InChI is InChI=1S/C14H14ClN3O3/c15-9-2-1-3-17-11(9)5-16-13(17)10-4-8-6-21-7-12(8)18(10)14(19)20/h1-3,5,8,10,12H,4,6-7H2,(H,19,20)/t8-,10+,12-/m1/s1. The first-order chi connectivity index (χ1) is 10.2. The molecule has 2 aromatic heterocycles. The molecule has 1 N–H and O–H groups in total. The molecule has 4 rings (SSSR count). The average molecular weight is 308 g/mol. The van der Waals surface area contributed by atoms with Crippen molar-refractivity contribution in [2.24, 2.45) is 5.92 Å². The second-order valence-corrected chi connectivity index (χ2v) is 5.94. The van der Waals surface area contributed by atoms with E-state index in [1.165, 1.54) is 4.90 Å². The number of imidazole rings is 1. The fraction of sp³-hybridized carbons (Fsp3) is 0.429. The fourth-order valence-electron chi connectivity index (χ4n) is 3.51. The molecule has 2 fully saturated rings. The molecule has 0 bridgehead atoms. The van der Waals surface area contributed by atoms with Crippen molar-refractivity contribution in [1.29, 1.82) is 0 Å². The highest BCUT2D eigenvalue weighted by molar-refractivity contribution is 6.33. The highest BCUT2D eigenvalue weighted by atomic mass is 35.5. The van der Waals surface area contributed by atoms with E-state index >= 15 is 0 Å². The third-order valence-corrected chi connectivity index (χ3v) is 4.77. The van der Waals surface area contributed by atoms with Crippen LogP contribution in [-0.4, -0.2) is 44.7 Å². The molecule has 1 amide bonds. The van der Waals surface area contributed by atoms with Crippen LogP contribution >= 0.6 is 11.6 Å². The molecule has 3 atom stereocenters. The number of nitrogens with zero attached hydrogens (tertiary/aromatic N) is 3. The molecule has 0 aliphatic carbocycles. The minimum atomic E-state index is -0.920. The highest BCUT2D eigenvalue weighted by Crippen LogP contribution is 2.42. The van der Waals surface area contributed by atoms with Crippen LogP contribution in [0.5, 0.6) is 0 Å². The second kappa shape index (κ2) is 4.61. The molecule has 0 spiro atoms. The lowest BCUT2D eigenvalue weighted by molar-refractivity contribution is 0.0979. The molecule has 4 heterocycles. The Morgan fingerprint density at radius 2 is 2.33 bits per heavy atom. The molecule has 6 nitrogen and oxygen atoms in total. The topological polar surface area (TPSA) is 67.1 Å². The molecule has 0 radical (unpaired) electrons. The van der Waals surface area contributed by atoms with Crippen molar-refractivity contribution in [3.8, 4) is 0 Å². The molecular formula is C14H14ClN3O3. The number of halogens is 1. The normalized spacial score (nSPS) is 28.2. The number of rotatable bonds is 1. The van der Waals surface area contributed by atoms with Crippen LogP contribution in [0.4, 0.5) is 4.79 Å². The van der Waals surface area contributed by atoms with Crippen LogP contribution in [0.2, 0.25) is 5.02 Å². The number of hydrogen-bond acceptors (Lipinski definition) is 3. The van der Waals surface area contributed by atoms with Crippen LogP contribution < -0.4 is 0 Å². The molecule has 0 saturated carbocycles. The lowest BCUT2D eigenvalue weighted by atomic mass is 10.0. The maximum atomic E-state index is 11.7. The number of amides is 1. The van der Waals surface area contributed by atoms with Crippen molar-refractivity contribution in [2.45, 2.75) is 18.5 Å². The van der Waals surface area contributed by atoms with Crippen molar-refractivity contribution >= 4 is 23.2 Å². The van der Waals surface area contributed by atoms with Gasteiger partial charge in [0.05, 0.1) is 42.0 Å². The lowest BCUT2D eigenvalue weighted by Gasteiger charge is -2.25. The van der Waals surface area contributed by atoms with Gasteiger partial charge < -0.3 is 14.2 Å². The third kappa shape index (κ3) is 1.82. The summed E-state index contributed by atoms with van der Waals surface area (Å²) in [7, 11) is 0. The van der Waals surface area contributed by atoms with Gasteiger partial charge in [0.15, 0.2) is 0 Å². The van der Waals surface area contributed by atoms with Crippen LogP contribution in [0.3, 0.4) is 0 Å². The summed E-state index contributed by atoms with van der Waals surface area (Å²) in [5.74, 6) is 0.974. The van der Waals surface area contributed by atoms with Gasteiger partial charge in [-0.1, -0.05) is 11.6 Å². The van der Waals surface area contributed by atoms with Crippen molar-refractivity contribution < 1.29 is 14.6 Å². The first-order valence-corrected chi connectivity index (χ1v) is 7.25. The van der Waals surface area contributed by atoms with Crippen LogP contribution in [0, 0.1) is 5.92 Å². The van der Waals surface area contributed by atoms with Gasteiger partial charge in [0, 0.05) is 12.1 Å². The Balaban J connectivity index is 1.81. The summed E-state index contributed by atoms with van der Waals surface area (Å²) in [5, 5.41) is 10.2. The largest absolute Gasteiger partial charge is 0.465 e. The minimum absolute atomic E-state index is 0.0703. The van der Waals surface area contributed by atoms with E-state index in [0.29, 0.717) is 18.2 Å². The predicted octanol–water partition coefficient (Wildman–Crippen LogP) is 2.43.